The number of carbonyl (C=O) groups is 2. The van der Waals surface area contributed by atoms with E-state index in [0.29, 0.717) is 19.6 Å². The molecule has 1 fully saturated rings. The van der Waals surface area contributed by atoms with Crippen LogP contribution in [0.2, 0.25) is 0 Å². The second-order valence-electron chi connectivity index (χ2n) is 5.59. The fourth-order valence-corrected chi connectivity index (χ4v) is 2.50. The molecule has 1 saturated heterocycles. The van der Waals surface area contributed by atoms with Gasteiger partial charge in [0.05, 0.1) is 6.61 Å². The standard InChI is InChI=1S/C16H29NO3/c1-2-3-4-5-6-7-8-9-10-12-15(18)17-13-11-14-20-16(17)19/h2-14H2,1H3. The molecule has 4 heteroatoms. The molecule has 0 spiro atoms. The molecule has 0 aromatic carbocycles. The minimum atomic E-state index is -0.461. The van der Waals surface area contributed by atoms with Crippen LogP contribution in [-0.4, -0.2) is 30.1 Å². The Morgan fingerprint density at radius 1 is 1.05 bits per heavy atom. The molecule has 0 aromatic heterocycles. The predicted octanol–water partition coefficient (Wildman–Crippen LogP) is 4.28. The maximum atomic E-state index is 11.8. The molecule has 2 amide bonds. The average molecular weight is 283 g/mol. The van der Waals surface area contributed by atoms with Crippen molar-refractivity contribution in [3.63, 3.8) is 0 Å². The lowest BCUT2D eigenvalue weighted by atomic mass is 10.1. The first-order valence-corrected chi connectivity index (χ1v) is 8.23. The van der Waals surface area contributed by atoms with Crippen molar-refractivity contribution in [2.24, 2.45) is 0 Å². The molecular formula is C16H29NO3. The van der Waals surface area contributed by atoms with Crippen molar-refractivity contribution in [2.75, 3.05) is 13.2 Å². The molecule has 20 heavy (non-hydrogen) atoms. The van der Waals surface area contributed by atoms with Gasteiger partial charge < -0.3 is 4.74 Å². The van der Waals surface area contributed by atoms with E-state index in [0.717, 1.165) is 19.3 Å². The van der Waals surface area contributed by atoms with Gasteiger partial charge in [-0.25, -0.2) is 9.69 Å². The number of carbonyl (C=O) groups excluding carboxylic acids is 2. The number of hydrogen-bond acceptors (Lipinski definition) is 3. The molecule has 116 valence electrons. The highest BCUT2D eigenvalue weighted by molar-refractivity contribution is 5.92. The Morgan fingerprint density at radius 3 is 2.25 bits per heavy atom. The third kappa shape index (κ3) is 6.92. The number of nitrogens with zero attached hydrogens (tertiary/aromatic N) is 1. The van der Waals surface area contributed by atoms with Crippen LogP contribution in [0.4, 0.5) is 4.79 Å². The molecule has 0 aliphatic carbocycles. The fourth-order valence-electron chi connectivity index (χ4n) is 2.50. The molecule has 0 unspecified atom stereocenters. The number of cyclic esters (lactones) is 1. The van der Waals surface area contributed by atoms with E-state index in [1.165, 1.54) is 49.8 Å². The number of amides is 2. The maximum Gasteiger partial charge on any atom is 0.416 e. The number of imide groups is 1. The van der Waals surface area contributed by atoms with Crippen LogP contribution in [-0.2, 0) is 9.53 Å². The Bertz CT molecular complexity index is 291. The van der Waals surface area contributed by atoms with Gasteiger partial charge in [-0.15, -0.1) is 0 Å². The molecule has 0 aromatic rings. The Labute approximate surface area is 122 Å². The average Bonchev–Trinajstić information content (AvgIpc) is 2.46. The van der Waals surface area contributed by atoms with Gasteiger partial charge in [0.25, 0.3) is 0 Å². The topological polar surface area (TPSA) is 46.6 Å². The zero-order chi connectivity index (χ0) is 14.6. The largest absolute Gasteiger partial charge is 0.449 e. The monoisotopic (exact) mass is 283 g/mol. The van der Waals surface area contributed by atoms with E-state index in [4.69, 9.17) is 4.74 Å². The summed E-state index contributed by atoms with van der Waals surface area (Å²) < 4.78 is 4.87. The van der Waals surface area contributed by atoms with Gasteiger partial charge >= 0.3 is 6.09 Å². The van der Waals surface area contributed by atoms with Crippen LogP contribution in [0, 0.1) is 0 Å². The van der Waals surface area contributed by atoms with Gasteiger partial charge in [0, 0.05) is 13.0 Å². The summed E-state index contributed by atoms with van der Waals surface area (Å²) in [6.45, 7) is 3.20. The first-order chi connectivity index (χ1) is 9.75. The van der Waals surface area contributed by atoms with Gasteiger partial charge in [-0.05, 0) is 12.8 Å². The van der Waals surface area contributed by atoms with Crippen molar-refractivity contribution in [3.8, 4) is 0 Å². The molecule has 0 bridgehead atoms. The van der Waals surface area contributed by atoms with E-state index in [9.17, 15) is 9.59 Å². The summed E-state index contributed by atoms with van der Waals surface area (Å²) in [5.41, 5.74) is 0. The quantitative estimate of drug-likeness (QED) is 0.562. The number of unbranched alkanes of at least 4 members (excludes halogenated alkanes) is 8. The maximum absolute atomic E-state index is 11.8. The highest BCUT2D eigenvalue weighted by atomic mass is 16.6. The summed E-state index contributed by atoms with van der Waals surface area (Å²) >= 11 is 0. The molecular weight excluding hydrogens is 254 g/mol. The Hall–Kier alpha value is -1.06. The molecule has 1 heterocycles. The molecule has 0 saturated carbocycles. The number of ether oxygens (including phenoxy) is 1. The van der Waals surface area contributed by atoms with Crippen LogP contribution in [0.3, 0.4) is 0 Å². The van der Waals surface area contributed by atoms with Gasteiger partial charge in [0.15, 0.2) is 0 Å². The van der Waals surface area contributed by atoms with Crippen LogP contribution < -0.4 is 0 Å². The van der Waals surface area contributed by atoms with Crippen molar-refractivity contribution in [3.05, 3.63) is 0 Å². The molecule has 1 rings (SSSR count). The minimum absolute atomic E-state index is 0.0716. The summed E-state index contributed by atoms with van der Waals surface area (Å²) in [6.07, 6.45) is 11.9. The summed E-state index contributed by atoms with van der Waals surface area (Å²) in [5.74, 6) is -0.0716. The van der Waals surface area contributed by atoms with Gasteiger partial charge in [-0.2, -0.15) is 0 Å². The summed E-state index contributed by atoms with van der Waals surface area (Å²) in [5, 5.41) is 0. The zero-order valence-electron chi connectivity index (χ0n) is 12.9. The van der Waals surface area contributed by atoms with E-state index in [2.05, 4.69) is 6.92 Å². The van der Waals surface area contributed by atoms with Crippen LogP contribution in [0.15, 0.2) is 0 Å². The third-order valence-electron chi connectivity index (χ3n) is 3.77. The summed E-state index contributed by atoms with van der Waals surface area (Å²) in [6, 6.07) is 0. The van der Waals surface area contributed by atoms with E-state index in [1.807, 2.05) is 0 Å². The fraction of sp³-hybridized carbons (Fsp3) is 0.875. The number of hydrogen-bond donors (Lipinski definition) is 0. The van der Waals surface area contributed by atoms with Crippen molar-refractivity contribution in [1.29, 1.82) is 0 Å². The van der Waals surface area contributed by atoms with E-state index in [1.54, 1.807) is 0 Å². The Morgan fingerprint density at radius 2 is 1.65 bits per heavy atom. The van der Waals surface area contributed by atoms with Crippen molar-refractivity contribution in [2.45, 2.75) is 77.6 Å². The van der Waals surface area contributed by atoms with E-state index >= 15 is 0 Å². The van der Waals surface area contributed by atoms with Gasteiger partial charge in [-0.1, -0.05) is 58.3 Å². The van der Waals surface area contributed by atoms with Gasteiger partial charge in [-0.3, -0.25) is 4.79 Å². The summed E-state index contributed by atoms with van der Waals surface area (Å²) in [4.78, 5) is 24.5. The molecule has 4 nitrogen and oxygen atoms in total. The lowest BCUT2D eigenvalue weighted by Gasteiger charge is -2.24. The summed E-state index contributed by atoms with van der Waals surface area (Å²) in [7, 11) is 0. The minimum Gasteiger partial charge on any atom is -0.449 e. The van der Waals surface area contributed by atoms with E-state index in [-0.39, 0.29) is 5.91 Å². The molecule has 1 aliphatic heterocycles. The SMILES string of the molecule is CCCCCCCCCCCC(=O)N1CCCOC1=O. The Balaban J connectivity index is 1.95. The van der Waals surface area contributed by atoms with Crippen LogP contribution >= 0.6 is 0 Å². The lowest BCUT2D eigenvalue weighted by Crippen LogP contribution is -2.41. The third-order valence-corrected chi connectivity index (χ3v) is 3.77. The molecule has 0 atom stereocenters. The molecule has 0 N–H and O–H groups in total. The van der Waals surface area contributed by atoms with Crippen molar-refractivity contribution < 1.29 is 14.3 Å². The van der Waals surface area contributed by atoms with Crippen LogP contribution in [0.5, 0.6) is 0 Å². The second kappa shape index (κ2) is 10.7. The Kier molecular flexibility index (Phi) is 9.09. The highest BCUT2D eigenvalue weighted by Gasteiger charge is 2.25. The molecule has 1 aliphatic rings. The van der Waals surface area contributed by atoms with Crippen molar-refractivity contribution in [1.82, 2.24) is 4.90 Å². The normalized spacial score (nSPS) is 15.2. The lowest BCUT2D eigenvalue weighted by molar-refractivity contribution is -0.130. The van der Waals surface area contributed by atoms with Crippen LogP contribution in [0.1, 0.15) is 77.6 Å². The predicted molar refractivity (Wildman–Crippen MR) is 79.5 cm³/mol. The smallest absolute Gasteiger partial charge is 0.416 e. The first-order valence-electron chi connectivity index (χ1n) is 8.23. The highest BCUT2D eigenvalue weighted by Crippen LogP contribution is 2.12. The van der Waals surface area contributed by atoms with Crippen LogP contribution in [0.25, 0.3) is 0 Å². The van der Waals surface area contributed by atoms with Crippen molar-refractivity contribution >= 4 is 12.0 Å². The zero-order valence-corrected chi connectivity index (χ0v) is 12.9. The van der Waals surface area contributed by atoms with E-state index < -0.39 is 6.09 Å². The first kappa shape index (κ1) is 17.0. The van der Waals surface area contributed by atoms with Gasteiger partial charge in [0.2, 0.25) is 5.91 Å². The van der Waals surface area contributed by atoms with Gasteiger partial charge in [0.1, 0.15) is 0 Å². The molecule has 0 radical (unpaired) electrons. The second-order valence-corrected chi connectivity index (χ2v) is 5.59. The number of rotatable bonds is 10.